The molecule has 0 atom stereocenters. The minimum Gasteiger partial charge on any atom is -0.457 e. The van der Waals surface area contributed by atoms with Gasteiger partial charge in [-0.3, -0.25) is 0 Å². The van der Waals surface area contributed by atoms with Crippen molar-refractivity contribution in [1.29, 1.82) is 0 Å². The Kier molecular flexibility index (Phi) is 4.99. The van der Waals surface area contributed by atoms with Crippen molar-refractivity contribution in [2.24, 2.45) is 5.73 Å². The van der Waals surface area contributed by atoms with Crippen LogP contribution in [0.1, 0.15) is 24.5 Å². The van der Waals surface area contributed by atoms with Gasteiger partial charge in [-0.2, -0.15) is 0 Å². The highest BCUT2D eigenvalue weighted by Gasteiger charge is 2.08. The number of hydrogen-bond acceptors (Lipinski definition) is 2. The quantitative estimate of drug-likeness (QED) is 0.812. The summed E-state index contributed by atoms with van der Waals surface area (Å²) in [5.41, 5.74) is 7.63. The van der Waals surface area contributed by atoms with Gasteiger partial charge in [-0.1, -0.05) is 49.3 Å². The van der Waals surface area contributed by atoms with Crippen LogP contribution in [-0.4, -0.2) is 4.99 Å². The summed E-state index contributed by atoms with van der Waals surface area (Å²) in [6, 6.07) is 13.3. The predicted molar refractivity (Wildman–Crippen MR) is 87.9 cm³/mol. The van der Waals surface area contributed by atoms with E-state index < -0.39 is 0 Å². The summed E-state index contributed by atoms with van der Waals surface area (Å²) in [5.74, 6) is 1.37. The molecule has 0 bridgehead atoms. The van der Waals surface area contributed by atoms with Crippen LogP contribution in [0.25, 0.3) is 0 Å². The van der Waals surface area contributed by atoms with Gasteiger partial charge in [0.2, 0.25) is 0 Å². The number of nitrogens with two attached hydrogens (primary N) is 1. The molecular weight excluding hydrogens is 290 g/mol. The summed E-state index contributed by atoms with van der Waals surface area (Å²) in [4.78, 5) is 0.269. The molecule has 0 amide bonds. The first kappa shape index (κ1) is 14.8. The maximum atomic E-state index is 5.95. The second-order valence-electron chi connectivity index (χ2n) is 4.50. The zero-order chi connectivity index (χ0) is 14.5. The third kappa shape index (κ3) is 3.71. The molecule has 2 aromatic carbocycles. The zero-order valence-corrected chi connectivity index (χ0v) is 12.8. The molecule has 0 aliphatic heterocycles. The monoisotopic (exact) mass is 305 g/mol. The van der Waals surface area contributed by atoms with E-state index in [9.17, 15) is 0 Å². The molecule has 0 radical (unpaired) electrons. The molecule has 0 fully saturated rings. The number of ether oxygens (including phenoxy) is 1. The Labute approximate surface area is 129 Å². The van der Waals surface area contributed by atoms with Crippen molar-refractivity contribution in [2.45, 2.75) is 19.8 Å². The van der Waals surface area contributed by atoms with Crippen LogP contribution in [0.5, 0.6) is 11.5 Å². The van der Waals surface area contributed by atoms with Gasteiger partial charge in [0.1, 0.15) is 16.5 Å². The average molecular weight is 306 g/mol. The lowest BCUT2D eigenvalue weighted by atomic mass is 10.1. The molecule has 2 N–H and O–H groups in total. The van der Waals surface area contributed by atoms with Crippen molar-refractivity contribution in [1.82, 2.24) is 0 Å². The van der Waals surface area contributed by atoms with E-state index in [2.05, 4.69) is 19.1 Å². The van der Waals surface area contributed by atoms with E-state index in [1.54, 1.807) is 18.2 Å². The zero-order valence-electron chi connectivity index (χ0n) is 11.2. The number of hydrogen-bond donors (Lipinski definition) is 1. The summed E-state index contributed by atoms with van der Waals surface area (Å²) < 4.78 is 5.83. The van der Waals surface area contributed by atoms with Crippen LogP contribution in [0.15, 0.2) is 42.5 Å². The van der Waals surface area contributed by atoms with Crippen LogP contribution in [-0.2, 0) is 6.42 Å². The first-order chi connectivity index (χ1) is 9.60. The van der Waals surface area contributed by atoms with Crippen molar-refractivity contribution in [3.05, 3.63) is 58.6 Å². The average Bonchev–Trinajstić information content (AvgIpc) is 2.43. The molecule has 0 aliphatic rings. The fourth-order valence-electron chi connectivity index (χ4n) is 1.92. The highest BCUT2D eigenvalue weighted by atomic mass is 35.5. The molecule has 0 aromatic heterocycles. The molecule has 0 saturated heterocycles. The van der Waals surface area contributed by atoms with Gasteiger partial charge in [0.05, 0.1) is 5.56 Å². The van der Waals surface area contributed by atoms with Crippen LogP contribution >= 0.6 is 23.8 Å². The first-order valence-corrected chi connectivity index (χ1v) is 7.25. The van der Waals surface area contributed by atoms with E-state index in [-0.39, 0.29) is 4.99 Å². The summed E-state index contributed by atoms with van der Waals surface area (Å²) in [6.45, 7) is 2.16. The topological polar surface area (TPSA) is 35.2 Å². The van der Waals surface area contributed by atoms with Crippen LogP contribution in [0.2, 0.25) is 5.02 Å². The SMILES string of the molecule is CCCc1ccc(Oc2ccc(Cl)cc2C(N)=S)cc1. The highest BCUT2D eigenvalue weighted by molar-refractivity contribution is 7.80. The standard InChI is InChI=1S/C16H16ClNOS/c1-2-3-11-4-7-13(8-5-11)19-15-9-6-12(17)10-14(15)16(18)20/h4-10H,2-3H2,1H3,(H2,18,20). The first-order valence-electron chi connectivity index (χ1n) is 6.46. The van der Waals surface area contributed by atoms with Gasteiger partial charge >= 0.3 is 0 Å². The highest BCUT2D eigenvalue weighted by Crippen LogP contribution is 2.28. The molecule has 2 aromatic rings. The Hall–Kier alpha value is -1.58. The largest absolute Gasteiger partial charge is 0.457 e. The van der Waals surface area contributed by atoms with E-state index in [4.69, 9.17) is 34.3 Å². The Morgan fingerprint density at radius 3 is 2.50 bits per heavy atom. The van der Waals surface area contributed by atoms with Crippen LogP contribution < -0.4 is 10.5 Å². The minimum atomic E-state index is 0.269. The number of benzene rings is 2. The van der Waals surface area contributed by atoms with Crippen molar-refractivity contribution in [3.63, 3.8) is 0 Å². The number of rotatable bonds is 5. The van der Waals surface area contributed by atoms with Crippen LogP contribution in [0.3, 0.4) is 0 Å². The lowest BCUT2D eigenvalue weighted by Crippen LogP contribution is -2.10. The van der Waals surface area contributed by atoms with Crippen LogP contribution in [0.4, 0.5) is 0 Å². The number of aryl methyl sites for hydroxylation is 1. The fourth-order valence-corrected chi connectivity index (χ4v) is 2.26. The Morgan fingerprint density at radius 1 is 1.20 bits per heavy atom. The Balaban J connectivity index is 2.23. The van der Waals surface area contributed by atoms with Crippen molar-refractivity contribution in [2.75, 3.05) is 0 Å². The van der Waals surface area contributed by atoms with Gasteiger partial charge < -0.3 is 10.5 Å². The summed E-state index contributed by atoms with van der Waals surface area (Å²) >= 11 is 11.0. The molecule has 0 saturated carbocycles. The number of thiocarbonyl (C=S) groups is 1. The maximum Gasteiger partial charge on any atom is 0.137 e. The molecule has 0 unspecified atom stereocenters. The second-order valence-corrected chi connectivity index (χ2v) is 5.38. The van der Waals surface area contributed by atoms with Crippen molar-refractivity contribution < 1.29 is 4.74 Å². The van der Waals surface area contributed by atoms with E-state index in [1.807, 2.05) is 12.1 Å². The number of halogens is 1. The van der Waals surface area contributed by atoms with E-state index >= 15 is 0 Å². The lowest BCUT2D eigenvalue weighted by Gasteiger charge is -2.11. The van der Waals surface area contributed by atoms with Gasteiger partial charge in [-0.15, -0.1) is 0 Å². The summed E-state index contributed by atoms with van der Waals surface area (Å²) in [6.07, 6.45) is 2.20. The predicted octanol–water partition coefficient (Wildman–Crippen LogP) is 4.72. The lowest BCUT2D eigenvalue weighted by molar-refractivity contribution is 0.481. The molecule has 20 heavy (non-hydrogen) atoms. The van der Waals surface area contributed by atoms with Gasteiger partial charge in [-0.05, 0) is 42.3 Å². The van der Waals surface area contributed by atoms with E-state index in [1.165, 1.54) is 5.56 Å². The van der Waals surface area contributed by atoms with Gasteiger partial charge in [0.15, 0.2) is 0 Å². The van der Waals surface area contributed by atoms with E-state index in [0.717, 1.165) is 18.6 Å². The molecule has 0 heterocycles. The molecular formula is C16H16ClNOS. The Bertz CT molecular complexity index is 610. The third-order valence-electron chi connectivity index (χ3n) is 2.90. The second kappa shape index (κ2) is 6.73. The van der Waals surface area contributed by atoms with Gasteiger partial charge in [0.25, 0.3) is 0 Å². The molecule has 0 spiro atoms. The fraction of sp³-hybridized carbons (Fsp3) is 0.188. The van der Waals surface area contributed by atoms with Gasteiger partial charge in [0, 0.05) is 5.02 Å². The molecule has 4 heteroatoms. The summed E-state index contributed by atoms with van der Waals surface area (Å²) in [5, 5.41) is 0.582. The summed E-state index contributed by atoms with van der Waals surface area (Å²) in [7, 11) is 0. The molecule has 104 valence electrons. The molecule has 0 aliphatic carbocycles. The maximum absolute atomic E-state index is 5.95. The van der Waals surface area contributed by atoms with Crippen LogP contribution in [0, 0.1) is 0 Å². The van der Waals surface area contributed by atoms with Gasteiger partial charge in [-0.25, -0.2) is 0 Å². The van der Waals surface area contributed by atoms with E-state index in [0.29, 0.717) is 16.3 Å². The van der Waals surface area contributed by atoms with Crippen molar-refractivity contribution >= 4 is 28.8 Å². The third-order valence-corrected chi connectivity index (χ3v) is 3.35. The minimum absolute atomic E-state index is 0.269. The van der Waals surface area contributed by atoms with Crippen molar-refractivity contribution in [3.8, 4) is 11.5 Å². The Morgan fingerprint density at radius 2 is 1.90 bits per heavy atom. The molecule has 2 rings (SSSR count). The molecule has 2 nitrogen and oxygen atoms in total. The smallest absolute Gasteiger partial charge is 0.137 e. The normalized spacial score (nSPS) is 10.3.